The zero-order valence-electron chi connectivity index (χ0n) is 11.9. The van der Waals surface area contributed by atoms with Crippen LogP contribution in [-0.4, -0.2) is 10.9 Å². The number of thiocarbonyl (C=S) groups is 1. The fraction of sp³-hybridized carbons (Fsp3) is 0.500. The van der Waals surface area contributed by atoms with Gasteiger partial charge in [0.25, 0.3) is 0 Å². The van der Waals surface area contributed by atoms with Crippen molar-refractivity contribution >= 4 is 28.8 Å². The molecule has 1 amide bonds. The van der Waals surface area contributed by atoms with Crippen molar-refractivity contribution in [3.63, 3.8) is 0 Å². The molecule has 20 heavy (non-hydrogen) atoms. The zero-order chi connectivity index (χ0) is 14.6. The predicted molar refractivity (Wildman–Crippen MR) is 86.7 cm³/mol. The van der Waals surface area contributed by atoms with Crippen LogP contribution in [0, 0.1) is 12.3 Å². The highest BCUT2D eigenvalue weighted by atomic mass is 32.1. The van der Waals surface area contributed by atoms with Gasteiger partial charge in [0.2, 0.25) is 5.91 Å². The molecule has 108 valence electrons. The summed E-state index contributed by atoms with van der Waals surface area (Å²) in [5.74, 6) is -0.0440. The van der Waals surface area contributed by atoms with Gasteiger partial charge in [0, 0.05) is 5.69 Å². The van der Waals surface area contributed by atoms with Gasteiger partial charge >= 0.3 is 0 Å². The smallest absolute Gasteiger partial charge is 0.237 e. The van der Waals surface area contributed by atoms with Crippen molar-refractivity contribution in [3.8, 4) is 0 Å². The van der Waals surface area contributed by atoms with Gasteiger partial charge < -0.3 is 11.1 Å². The quantitative estimate of drug-likeness (QED) is 0.661. The molecule has 1 aliphatic carbocycles. The average Bonchev–Trinajstić information content (AvgIpc) is 2.65. The Balaban J connectivity index is 2.21. The second-order valence-corrected chi connectivity index (χ2v) is 6.12. The van der Waals surface area contributed by atoms with E-state index in [4.69, 9.17) is 18.0 Å². The maximum Gasteiger partial charge on any atom is 0.237 e. The van der Waals surface area contributed by atoms with Gasteiger partial charge in [-0.1, -0.05) is 50.0 Å². The van der Waals surface area contributed by atoms with Crippen molar-refractivity contribution in [1.82, 2.24) is 0 Å². The molecule has 1 aliphatic rings. The standard InChI is InChI=1S/C16H22N2OS/c1-12-7-6-8-13(11-12)18-15(19)16(14(17)20)9-4-2-3-5-10-16/h6-8,11H,2-5,9-10H2,1H3,(H2,17,20)(H,18,19). The van der Waals surface area contributed by atoms with Crippen LogP contribution in [0.25, 0.3) is 0 Å². The summed E-state index contributed by atoms with van der Waals surface area (Å²) in [4.78, 5) is 13.1. The summed E-state index contributed by atoms with van der Waals surface area (Å²) in [6.45, 7) is 2.00. The molecule has 2 rings (SSSR count). The third-order valence-electron chi connectivity index (χ3n) is 4.14. The maximum atomic E-state index is 12.7. The van der Waals surface area contributed by atoms with Crippen molar-refractivity contribution in [3.05, 3.63) is 29.8 Å². The van der Waals surface area contributed by atoms with E-state index in [0.29, 0.717) is 4.99 Å². The lowest BCUT2D eigenvalue weighted by Crippen LogP contribution is -2.45. The van der Waals surface area contributed by atoms with Crippen LogP contribution in [0.5, 0.6) is 0 Å². The molecule has 0 saturated heterocycles. The van der Waals surface area contributed by atoms with Crippen molar-refractivity contribution in [1.29, 1.82) is 0 Å². The van der Waals surface area contributed by atoms with Gasteiger partial charge in [-0.3, -0.25) is 4.79 Å². The van der Waals surface area contributed by atoms with E-state index in [-0.39, 0.29) is 5.91 Å². The van der Waals surface area contributed by atoms with Gasteiger partial charge in [-0.2, -0.15) is 0 Å². The number of rotatable bonds is 3. The normalized spacial score (nSPS) is 18.1. The highest BCUT2D eigenvalue weighted by Crippen LogP contribution is 2.36. The Bertz CT molecular complexity index is 505. The molecule has 1 aromatic rings. The molecule has 0 aliphatic heterocycles. The van der Waals surface area contributed by atoms with Gasteiger partial charge in [0.05, 0.1) is 10.4 Å². The molecular weight excluding hydrogens is 268 g/mol. The fourth-order valence-electron chi connectivity index (χ4n) is 2.89. The lowest BCUT2D eigenvalue weighted by Gasteiger charge is -2.30. The number of benzene rings is 1. The summed E-state index contributed by atoms with van der Waals surface area (Å²) in [5, 5.41) is 3.00. The van der Waals surface area contributed by atoms with E-state index in [0.717, 1.165) is 49.8 Å². The number of carbonyl (C=O) groups is 1. The Morgan fingerprint density at radius 2 is 1.90 bits per heavy atom. The summed E-state index contributed by atoms with van der Waals surface area (Å²) in [6, 6.07) is 7.80. The lowest BCUT2D eigenvalue weighted by molar-refractivity contribution is -0.122. The monoisotopic (exact) mass is 290 g/mol. The summed E-state index contributed by atoms with van der Waals surface area (Å²) in [5.41, 5.74) is 7.19. The van der Waals surface area contributed by atoms with Gasteiger partial charge in [0.15, 0.2) is 0 Å². The molecule has 0 spiro atoms. The van der Waals surface area contributed by atoms with Crippen LogP contribution < -0.4 is 11.1 Å². The number of anilines is 1. The molecule has 1 aromatic carbocycles. The number of nitrogens with two attached hydrogens (primary N) is 1. The van der Waals surface area contributed by atoms with Crippen molar-refractivity contribution in [2.75, 3.05) is 5.32 Å². The lowest BCUT2D eigenvalue weighted by atomic mass is 9.79. The Labute approximate surface area is 125 Å². The summed E-state index contributed by atoms with van der Waals surface area (Å²) >= 11 is 5.22. The van der Waals surface area contributed by atoms with E-state index in [1.54, 1.807) is 0 Å². The Hall–Kier alpha value is -1.42. The summed E-state index contributed by atoms with van der Waals surface area (Å²) in [7, 11) is 0. The van der Waals surface area contributed by atoms with Crippen LogP contribution in [0.3, 0.4) is 0 Å². The molecule has 3 nitrogen and oxygen atoms in total. The highest BCUT2D eigenvalue weighted by Gasteiger charge is 2.41. The van der Waals surface area contributed by atoms with Crippen molar-refractivity contribution in [2.45, 2.75) is 45.4 Å². The minimum atomic E-state index is -0.671. The second-order valence-electron chi connectivity index (χ2n) is 5.68. The molecule has 0 atom stereocenters. The minimum absolute atomic E-state index is 0.0440. The van der Waals surface area contributed by atoms with Crippen LogP contribution in [0.15, 0.2) is 24.3 Å². The number of amides is 1. The molecular formula is C16H22N2OS. The van der Waals surface area contributed by atoms with Crippen molar-refractivity contribution < 1.29 is 4.79 Å². The fourth-order valence-corrected chi connectivity index (χ4v) is 3.19. The van der Waals surface area contributed by atoms with Gasteiger partial charge in [0.1, 0.15) is 0 Å². The number of hydrogen-bond acceptors (Lipinski definition) is 2. The SMILES string of the molecule is Cc1cccc(NC(=O)C2(C(N)=S)CCCCCC2)c1. The van der Waals surface area contributed by atoms with Crippen LogP contribution >= 0.6 is 12.2 Å². The minimum Gasteiger partial charge on any atom is -0.392 e. The Morgan fingerprint density at radius 1 is 1.25 bits per heavy atom. The number of aryl methyl sites for hydroxylation is 1. The molecule has 0 aromatic heterocycles. The molecule has 4 heteroatoms. The van der Waals surface area contributed by atoms with Crippen LogP contribution in [0.2, 0.25) is 0 Å². The largest absolute Gasteiger partial charge is 0.392 e. The van der Waals surface area contributed by atoms with E-state index in [1.807, 2.05) is 31.2 Å². The summed E-state index contributed by atoms with van der Waals surface area (Å²) in [6.07, 6.45) is 5.86. The van der Waals surface area contributed by atoms with E-state index >= 15 is 0 Å². The molecule has 0 radical (unpaired) electrons. The number of hydrogen-bond donors (Lipinski definition) is 2. The topological polar surface area (TPSA) is 55.1 Å². The third-order valence-corrected chi connectivity index (χ3v) is 4.53. The Kier molecular flexibility index (Phi) is 4.76. The van der Waals surface area contributed by atoms with Crippen LogP contribution in [0.4, 0.5) is 5.69 Å². The zero-order valence-corrected chi connectivity index (χ0v) is 12.8. The molecule has 1 saturated carbocycles. The van der Waals surface area contributed by atoms with E-state index in [1.165, 1.54) is 0 Å². The molecule has 0 bridgehead atoms. The number of carbonyl (C=O) groups excluding carboxylic acids is 1. The Morgan fingerprint density at radius 3 is 2.45 bits per heavy atom. The van der Waals surface area contributed by atoms with E-state index in [2.05, 4.69) is 5.32 Å². The predicted octanol–water partition coefficient (Wildman–Crippen LogP) is 3.56. The van der Waals surface area contributed by atoms with Crippen molar-refractivity contribution in [2.24, 2.45) is 11.1 Å². The first kappa shape index (κ1) is 15.0. The highest BCUT2D eigenvalue weighted by molar-refractivity contribution is 7.80. The summed E-state index contributed by atoms with van der Waals surface area (Å²) < 4.78 is 0. The van der Waals surface area contributed by atoms with E-state index in [9.17, 15) is 4.79 Å². The average molecular weight is 290 g/mol. The molecule has 3 N–H and O–H groups in total. The molecule has 0 heterocycles. The first-order valence-electron chi connectivity index (χ1n) is 7.23. The first-order chi connectivity index (χ1) is 9.54. The number of nitrogens with one attached hydrogen (secondary N) is 1. The van der Waals surface area contributed by atoms with Gasteiger partial charge in [-0.05, 0) is 37.5 Å². The van der Waals surface area contributed by atoms with Gasteiger partial charge in [-0.25, -0.2) is 0 Å². The van der Waals surface area contributed by atoms with Gasteiger partial charge in [-0.15, -0.1) is 0 Å². The third kappa shape index (κ3) is 3.18. The molecule has 0 unspecified atom stereocenters. The molecule has 1 fully saturated rings. The first-order valence-corrected chi connectivity index (χ1v) is 7.63. The van der Waals surface area contributed by atoms with E-state index < -0.39 is 5.41 Å². The maximum absolute atomic E-state index is 12.7. The second kappa shape index (κ2) is 6.35. The van der Waals surface area contributed by atoms with Crippen LogP contribution in [-0.2, 0) is 4.79 Å². The van der Waals surface area contributed by atoms with Crippen LogP contribution in [0.1, 0.15) is 44.1 Å².